The number of carbonyl (C=O) groups excluding carboxylic acids is 10. The highest BCUT2D eigenvalue weighted by Crippen LogP contribution is 2.52. The van der Waals surface area contributed by atoms with Crippen molar-refractivity contribution in [3.05, 3.63) is 93.6 Å². The summed E-state index contributed by atoms with van der Waals surface area (Å²) >= 11 is 0. The fraction of sp³-hybridized carbons (Fsp3) is 0.464. The van der Waals surface area contributed by atoms with Crippen LogP contribution < -0.4 is 37.1 Å². The van der Waals surface area contributed by atoms with Gasteiger partial charge in [0.1, 0.15) is 47.6 Å². The number of aliphatic hydroxyl groups excluding tert-OH is 1. The highest BCUT2D eigenvalue weighted by atomic mass is 16.7. The van der Waals surface area contributed by atoms with Gasteiger partial charge in [-0.3, -0.25) is 43.3 Å². The molecule has 25 nitrogen and oxygen atoms in total. The van der Waals surface area contributed by atoms with Crippen LogP contribution in [0, 0.1) is 5.92 Å². The number of phenolic OH excluding ortho intramolecular Hbond substituents is 2. The zero-order valence-electron chi connectivity index (χ0n) is 45.3. The Balaban J connectivity index is 0.952. The van der Waals surface area contributed by atoms with Crippen molar-refractivity contribution in [3.8, 4) is 17.2 Å². The number of ketones is 3. The molecule has 2 heterocycles. The van der Waals surface area contributed by atoms with E-state index >= 15 is 0 Å². The van der Waals surface area contributed by atoms with Crippen LogP contribution in [-0.4, -0.2) is 147 Å². The normalized spacial score (nSPS) is 21.7. The molecule has 81 heavy (non-hydrogen) atoms. The highest BCUT2D eigenvalue weighted by Gasteiger charge is 2.50. The van der Waals surface area contributed by atoms with Gasteiger partial charge in [-0.15, -0.1) is 0 Å². The van der Waals surface area contributed by atoms with E-state index in [-0.39, 0.29) is 91.1 Å². The van der Waals surface area contributed by atoms with Crippen LogP contribution in [0.4, 0.5) is 15.3 Å². The van der Waals surface area contributed by atoms with E-state index < -0.39 is 131 Å². The number of ether oxygens (including phenoxy) is 4. The largest absolute Gasteiger partial charge is 0.507 e. The topological polar surface area (TPSA) is 378 Å². The van der Waals surface area contributed by atoms with E-state index in [0.29, 0.717) is 30.5 Å². The minimum atomic E-state index is -2.18. The number of anilines is 1. The summed E-state index contributed by atoms with van der Waals surface area (Å²) in [5.74, 6) is -6.59. The minimum Gasteiger partial charge on any atom is -0.507 e. The first-order chi connectivity index (χ1) is 38.4. The Bertz CT molecular complexity index is 3000. The average molecular weight is 1130 g/mol. The number of hydrogen-bond acceptors (Lipinski definition) is 18. The molecule has 3 aromatic rings. The first-order valence-electron chi connectivity index (χ1n) is 26.5. The number of alkyl carbamates (subject to hydrolysis) is 1. The van der Waals surface area contributed by atoms with E-state index in [1.165, 1.54) is 56.5 Å². The fourth-order valence-corrected chi connectivity index (χ4v) is 10.2. The Morgan fingerprint density at radius 1 is 0.877 bits per heavy atom. The van der Waals surface area contributed by atoms with Crippen LogP contribution in [-0.2, 0) is 56.0 Å². The maximum Gasteiger partial charge on any atom is 0.407 e. The van der Waals surface area contributed by atoms with Gasteiger partial charge in [0.2, 0.25) is 23.5 Å². The van der Waals surface area contributed by atoms with Gasteiger partial charge < -0.3 is 71.7 Å². The number of urea groups is 1. The number of methoxy groups -OCH3 is 1. The molecule has 0 aromatic heterocycles. The van der Waals surface area contributed by atoms with Crippen molar-refractivity contribution >= 4 is 64.7 Å². The predicted octanol–water partition coefficient (Wildman–Crippen LogP) is 2.49. The lowest BCUT2D eigenvalue weighted by Crippen LogP contribution is -2.55. The number of rotatable bonds is 23. The van der Waals surface area contributed by atoms with Crippen molar-refractivity contribution in [3.63, 3.8) is 0 Å². The number of nitrogens with one attached hydrogen (secondary N) is 5. The number of primary amides is 1. The number of phenols is 2. The summed E-state index contributed by atoms with van der Waals surface area (Å²) in [7, 11) is 1.30. The van der Waals surface area contributed by atoms with E-state index in [2.05, 4.69) is 26.6 Å². The van der Waals surface area contributed by atoms with Crippen LogP contribution in [0.5, 0.6) is 17.2 Å². The molecule has 11 N–H and O–H groups in total. The molecule has 1 saturated heterocycles. The van der Waals surface area contributed by atoms with Crippen LogP contribution in [0.3, 0.4) is 0 Å². The lowest BCUT2D eigenvalue weighted by Gasteiger charge is -2.42. The van der Waals surface area contributed by atoms with Crippen molar-refractivity contribution in [2.75, 3.05) is 25.5 Å². The van der Waals surface area contributed by atoms with Crippen LogP contribution in [0.25, 0.3) is 0 Å². The Kier molecular flexibility index (Phi) is 19.3. The second-order valence-electron chi connectivity index (χ2n) is 20.7. The Morgan fingerprint density at radius 2 is 1.57 bits per heavy atom. The van der Waals surface area contributed by atoms with Gasteiger partial charge in [0.25, 0.3) is 11.8 Å². The van der Waals surface area contributed by atoms with Gasteiger partial charge in [-0.2, -0.15) is 0 Å². The first-order valence-corrected chi connectivity index (χ1v) is 26.5. The van der Waals surface area contributed by atoms with E-state index in [0.717, 1.165) is 11.8 Å². The number of aliphatic hydroxyl groups is 2. The molecule has 2 aliphatic carbocycles. The minimum absolute atomic E-state index is 0.0451. The van der Waals surface area contributed by atoms with E-state index in [1.54, 1.807) is 26.0 Å². The summed E-state index contributed by atoms with van der Waals surface area (Å²) in [5.41, 5.74) is 2.12. The lowest BCUT2D eigenvalue weighted by molar-refractivity contribution is -0.249. The summed E-state index contributed by atoms with van der Waals surface area (Å²) in [5, 5.41) is 59.6. The average Bonchev–Trinajstić information content (AvgIpc) is 3.78. The van der Waals surface area contributed by atoms with Gasteiger partial charge >= 0.3 is 12.1 Å². The molecule has 0 radical (unpaired) electrons. The molecule has 25 heteroatoms. The van der Waals surface area contributed by atoms with Crippen LogP contribution >= 0.6 is 0 Å². The number of hydrogen-bond donors (Lipinski definition) is 10. The molecule has 1 fully saturated rings. The molecule has 2 aliphatic heterocycles. The van der Waals surface area contributed by atoms with Crippen molar-refractivity contribution < 1.29 is 87.3 Å². The predicted molar refractivity (Wildman–Crippen MR) is 284 cm³/mol. The highest BCUT2D eigenvalue weighted by molar-refractivity contribution is 6.31. The van der Waals surface area contributed by atoms with Gasteiger partial charge in [-0.05, 0) is 69.2 Å². The van der Waals surface area contributed by atoms with Gasteiger partial charge in [-0.1, -0.05) is 44.5 Å². The smallest absolute Gasteiger partial charge is 0.407 e. The maximum absolute atomic E-state index is 14.1. The zero-order chi connectivity index (χ0) is 59.0. The van der Waals surface area contributed by atoms with Gasteiger partial charge in [0.05, 0.1) is 42.0 Å². The summed E-state index contributed by atoms with van der Waals surface area (Å²) in [6, 6.07) is 6.46. The number of Topliss-reactive ketones (excluding diaryl/α,β-unsaturated/α-hetero) is 1. The molecule has 0 saturated carbocycles. The van der Waals surface area contributed by atoms with Crippen molar-refractivity contribution in [2.24, 2.45) is 11.7 Å². The molecule has 8 atom stereocenters. The Morgan fingerprint density at radius 3 is 2.22 bits per heavy atom. The summed E-state index contributed by atoms with van der Waals surface area (Å²) in [6.07, 6.45) is -3.08. The standard InChI is InChI=1S/C56H67N7O18/c1-27(2)46(62-38(65)14-7-6-8-22-63-39(66)19-20-40(63)67)53(74)60-34(12-10-21-58-54(57)75)52(73)59-31-17-15-30(16-18-31)26-79-55(76)61-35-23-41(80-28(3)47(35)68)81-37-25-56(77,29(4)64)24-33-43(37)51(72)45-44(49(33)70)48(69)32-11-9-13-36(78-5)42(32)50(45)71/h9,11,13,15-20,27-28,34-35,37,41,46-47,68,70,72,77H,6-8,10,12,14,21-26H2,1-5H3,(H,59,73)(H,60,74)(H,61,76)(H,62,65)(H3,57,58,75)/t28-,34-,35?,37-,41-,46-,47+,56-/m0/s1. The van der Waals surface area contributed by atoms with Gasteiger partial charge in [-0.25, -0.2) is 9.59 Å². The number of benzene rings is 3. The molecule has 0 spiro atoms. The fourth-order valence-electron chi connectivity index (χ4n) is 10.2. The second kappa shape index (κ2) is 25.9. The number of nitrogens with two attached hydrogens (primary N) is 1. The number of carbonyl (C=O) groups is 10. The Labute approximate surface area is 465 Å². The molecule has 7 rings (SSSR count). The summed E-state index contributed by atoms with van der Waals surface area (Å²) in [4.78, 5) is 130. The van der Waals surface area contributed by atoms with Crippen molar-refractivity contribution in [1.82, 2.24) is 26.2 Å². The van der Waals surface area contributed by atoms with Gasteiger partial charge in [0.15, 0.2) is 17.9 Å². The lowest BCUT2D eigenvalue weighted by atomic mass is 9.72. The molecular weight excluding hydrogens is 1060 g/mol. The van der Waals surface area contributed by atoms with E-state index in [4.69, 9.17) is 24.7 Å². The van der Waals surface area contributed by atoms with Crippen LogP contribution in [0.15, 0.2) is 54.6 Å². The third-order valence-electron chi connectivity index (χ3n) is 14.7. The molecule has 8 amide bonds. The SMILES string of the molecule is COc1cccc2c1C(=O)c1c(O)c3c(c(O)c1C2=O)C[C@@](O)(C(C)=O)C[C@@H]3O[C@H]1CC(NC(=O)OCc2ccc(NC(=O)[C@H](CCCNC(N)=O)NC(=O)[C@@H](NC(=O)CCCCCN3C(=O)C=CC3=O)C(C)C)cc2)[C@H](O)[C@H](C)O1. The zero-order valence-corrected chi connectivity index (χ0v) is 45.3. The summed E-state index contributed by atoms with van der Waals surface area (Å²) < 4.78 is 23.1. The monoisotopic (exact) mass is 1130 g/mol. The molecule has 434 valence electrons. The molecular formula is C56H67N7O18. The molecule has 4 aliphatic rings. The number of amides is 8. The van der Waals surface area contributed by atoms with E-state index in [1.807, 2.05) is 0 Å². The first kappa shape index (κ1) is 60.4. The van der Waals surface area contributed by atoms with Crippen LogP contribution in [0.2, 0.25) is 0 Å². The number of fused-ring (bicyclic) bond motifs is 3. The number of nitrogens with zero attached hydrogens (tertiary/aromatic N) is 1. The summed E-state index contributed by atoms with van der Waals surface area (Å²) in [6.45, 7) is 6.11. The van der Waals surface area contributed by atoms with Gasteiger partial charge in [0, 0.05) is 73.3 Å². The molecule has 1 unspecified atom stereocenters. The maximum atomic E-state index is 14.1. The van der Waals surface area contributed by atoms with Crippen molar-refractivity contribution in [2.45, 2.75) is 140 Å². The second-order valence-corrected chi connectivity index (χ2v) is 20.7. The third kappa shape index (κ3) is 13.8. The molecule has 0 bridgehead atoms. The number of unbranched alkanes of at least 4 members (excludes halogenated alkanes) is 2. The number of aromatic hydroxyl groups is 2. The number of imide groups is 1. The molecule has 3 aromatic carbocycles. The third-order valence-corrected chi connectivity index (χ3v) is 14.7. The van der Waals surface area contributed by atoms with Crippen molar-refractivity contribution in [1.29, 1.82) is 0 Å². The van der Waals surface area contributed by atoms with E-state index in [9.17, 15) is 68.4 Å². The Hall–Kier alpha value is -8.26. The quantitative estimate of drug-likeness (QED) is 0.0290. The van der Waals surface area contributed by atoms with Crippen LogP contribution in [0.1, 0.15) is 134 Å².